The van der Waals surface area contributed by atoms with Crippen LogP contribution in [0.4, 0.5) is 0 Å². The van der Waals surface area contributed by atoms with Gasteiger partial charge in [0, 0.05) is 16.6 Å². The maximum atomic E-state index is 11.6. The maximum absolute atomic E-state index is 11.6. The summed E-state index contributed by atoms with van der Waals surface area (Å²) < 4.78 is 2.38. The summed E-state index contributed by atoms with van der Waals surface area (Å²) in [5, 5.41) is 1.29. The van der Waals surface area contributed by atoms with Crippen LogP contribution in [0.15, 0.2) is 18.2 Å². The molecule has 0 atom stereocenters. The van der Waals surface area contributed by atoms with Crippen LogP contribution < -0.4 is 0 Å². The van der Waals surface area contributed by atoms with E-state index in [9.17, 15) is 4.79 Å². The highest BCUT2D eigenvalue weighted by Gasteiger charge is 2.18. The zero-order chi connectivity index (χ0) is 13.6. The van der Waals surface area contributed by atoms with E-state index in [-0.39, 0.29) is 5.78 Å². The average Bonchev–Trinajstić information content (AvgIpc) is 2.54. The normalized spacial score (nSPS) is 16.4. The smallest absolute Gasteiger partial charge is 0.159 e. The molecule has 19 heavy (non-hydrogen) atoms. The number of nitrogens with zero attached hydrogens (tertiary/aromatic N) is 2. The Kier molecular flexibility index (Phi) is 2.94. The Bertz CT molecular complexity index is 654. The van der Waals surface area contributed by atoms with Crippen LogP contribution in [-0.2, 0) is 13.1 Å². The number of fused-ring (bicyclic) bond motifs is 3. The van der Waals surface area contributed by atoms with Crippen molar-refractivity contribution in [1.82, 2.24) is 9.47 Å². The van der Waals surface area contributed by atoms with E-state index in [4.69, 9.17) is 0 Å². The van der Waals surface area contributed by atoms with Crippen LogP contribution in [0.3, 0.4) is 0 Å². The molecule has 0 amide bonds. The second kappa shape index (κ2) is 4.49. The number of rotatable bonds is 1. The summed E-state index contributed by atoms with van der Waals surface area (Å²) in [5.41, 5.74) is 4.81. The SMILES string of the molecule is CC(=O)c1ccc2c(C)c3n(c2c1)CN(C)CCC3. The summed E-state index contributed by atoms with van der Waals surface area (Å²) >= 11 is 0. The number of hydrogen-bond acceptors (Lipinski definition) is 2. The minimum Gasteiger partial charge on any atom is -0.331 e. The lowest BCUT2D eigenvalue weighted by molar-refractivity contribution is 0.101. The molecule has 0 spiro atoms. The molecule has 0 unspecified atom stereocenters. The van der Waals surface area contributed by atoms with Crippen molar-refractivity contribution in [2.75, 3.05) is 13.6 Å². The summed E-state index contributed by atoms with van der Waals surface area (Å²) in [5.74, 6) is 0.136. The van der Waals surface area contributed by atoms with Crippen LogP contribution in [0.5, 0.6) is 0 Å². The lowest BCUT2D eigenvalue weighted by atomic mass is 10.1. The number of benzene rings is 1. The molecule has 0 saturated heterocycles. The van der Waals surface area contributed by atoms with Gasteiger partial charge in [-0.1, -0.05) is 12.1 Å². The molecule has 2 aromatic rings. The first-order valence-corrected chi connectivity index (χ1v) is 6.89. The maximum Gasteiger partial charge on any atom is 0.159 e. The predicted molar refractivity (Wildman–Crippen MR) is 77.6 cm³/mol. The molecule has 3 heteroatoms. The minimum absolute atomic E-state index is 0.136. The monoisotopic (exact) mass is 256 g/mol. The van der Waals surface area contributed by atoms with Gasteiger partial charge >= 0.3 is 0 Å². The van der Waals surface area contributed by atoms with Gasteiger partial charge in [0.15, 0.2) is 5.78 Å². The van der Waals surface area contributed by atoms with Crippen LogP contribution in [0.1, 0.15) is 35.0 Å². The second-order valence-corrected chi connectivity index (χ2v) is 5.61. The van der Waals surface area contributed by atoms with Gasteiger partial charge in [-0.05, 0) is 51.9 Å². The molecule has 2 heterocycles. The van der Waals surface area contributed by atoms with Gasteiger partial charge in [-0.3, -0.25) is 9.69 Å². The highest BCUT2D eigenvalue weighted by molar-refractivity contribution is 5.98. The molecule has 0 radical (unpaired) electrons. The van der Waals surface area contributed by atoms with Crippen LogP contribution >= 0.6 is 0 Å². The third kappa shape index (κ3) is 1.98. The van der Waals surface area contributed by atoms with E-state index in [0.717, 1.165) is 25.2 Å². The van der Waals surface area contributed by atoms with E-state index in [0.29, 0.717) is 0 Å². The third-order valence-corrected chi connectivity index (χ3v) is 4.19. The van der Waals surface area contributed by atoms with Gasteiger partial charge in [-0.2, -0.15) is 0 Å². The van der Waals surface area contributed by atoms with Crippen molar-refractivity contribution in [1.29, 1.82) is 0 Å². The van der Waals surface area contributed by atoms with E-state index < -0.39 is 0 Å². The van der Waals surface area contributed by atoms with Gasteiger partial charge in [-0.25, -0.2) is 0 Å². The van der Waals surface area contributed by atoms with Crippen molar-refractivity contribution in [2.45, 2.75) is 33.4 Å². The van der Waals surface area contributed by atoms with Gasteiger partial charge in [0.2, 0.25) is 0 Å². The summed E-state index contributed by atoms with van der Waals surface area (Å²) in [7, 11) is 2.16. The number of Topliss-reactive ketones (excluding diaryl/α,β-unsaturated/α-hetero) is 1. The van der Waals surface area contributed by atoms with Crippen molar-refractivity contribution in [3.8, 4) is 0 Å². The molecule has 0 aliphatic carbocycles. The van der Waals surface area contributed by atoms with E-state index >= 15 is 0 Å². The minimum atomic E-state index is 0.136. The van der Waals surface area contributed by atoms with Gasteiger partial charge in [0.25, 0.3) is 0 Å². The Morgan fingerprint density at radius 1 is 1.32 bits per heavy atom. The van der Waals surface area contributed by atoms with Gasteiger partial charge in [0.1, 0.15) is 0 Å². The molecule has 1 aliphatic rings. The van der Waals surface area contributed by atoms with Crippen LogP contribution in [0, 0.1) is 6.92 Å². The number of aryl methyl sites for hydroxylation is 1. The number of hydrogen-bond donors (Lipinski definition) is 0. The Morgan fingerprint density at radius 2 is 2.11 bits per heavy atom. The highest BCUT2D eigenvalue weighted by atomic mass is 16.1. The summed E-state index contributed by atoms with van der Waals surface area (Å²) in [6.45, 7) is 5.88. The quantitative estimate of drug-likeness (QED) is 0.733. The van der Waals surface area contributed by atoms with Crippen molar-refractivity contribution in [2.24, 2.45) is 0 Å². The summed E-state index contributed by atoms with van der Waals surface area (Å²) in [6.07, 6.45) is 2.33. The van der Waals surface area contributed by atoms with E-state index in [1.165, 1.54) is 28.6 Å². The molecule has 3 nitrogen and oxygen atoms in total. The Morgan fingerprint density at radius 3 is 2.84 bits per heavy atom. The zero-order valence-corrected chi connectivity index (χ0v) is 11.9. The molecular formula is C16H20N2O. The molecule has 0 saturated carbocycles. The molecule has 1 aromatic heterocycles. The molecular weight excluding hydrogens is 236 g/mol. The molecule has 0 N–H and O–H groups in total. The first kappa shape index (κ1) is 12.4. The fourth-order valence-electron chi connectivity index (χ4n) is 3.11. The fraction of sp³-hybridized carbons (Fsp3) is 0.438. The lowest BCUT2D eigenvalue weighted by Gasteiger charge is -2.15. The standard InChI is InChI=1S/C16H20N2O/c1-11-14-7-6-13(12(2)19)9-16(14)18-10-17(3)8-4-5-15(11)18/h6-7,9H,4-5,8,10H2,1-3H3. The number of carbonyl (C=O) groups excluding carboxylic acids is 1. The van der Waals surface area contributed by atoms with E-state index in [2.05, 4.69) is 29.5 Å². The van der Waals surface area contributed by atoms with Crippen molar-refractivity contribution in [3.05, 3.63) is 35.0 Å². The van der Waals surface area contributed by atoms with E-state index in [1.807, 2.05) is 12.1 Å². The zero-order valence-electron chi connectivity index (χ0n) is 11.9. The Labute approximate surface area is 113 Å². The van der Waals surface area contributed by atoms with Gasteiger partial charge < -0.3 is 4.57 Å². The molecule has 3 rings (SSSR count). The third-order valence-electron chi connectivity index (χ3n) is 4.19. The van der Waals surface area contributed by atoms with Crippen LogP contribution in [-0.4, -0.2) is 28.8 Å². The largest absolute Gasteiger partial charge is 0.331 e. The predicted octanol–water partition coefficient (Wildman–Crippen LogP) is 2.99. The summed E-state index contributed by atoms with van der Waals surface area (Å²) in [4.78, 5) is 13.9. The summed E-state index contributed by atoms with van der Waals surface area (Å²) in [6, 6.07) is 6.09. The molecule has 1 aromatic carbocycles. The van der Waals surface area contributed by atoms with Gasteiger partial charge in [0.05, 0.1) is 12.2 Å². The molecule has 0 fully saturated rings. The molecule has 0 bridgehead atoms. The Balaban J connectivity index is 2.26. The van der Waals surface area contributed by atoms with Crippen molar-refractivity contribution in [3.63, 3.8) is 0 Å². The fourth-order valence-corrected chi connectivity index (χ4v) is 3.11. The van der Waals surface area contributed by atoms with E-state index in [1.54, 1.807) is 6.92 Å². The first-order chi connectivity index (χ1) is 9.08. The second-order valence-electron chi connectivity index (χ2n) is 5.61. The number of ketones is 1. The first-order valence-electron chi connectivity index (χ1n) is 6.89. The average molecular weight is 256 g/mol. The van der Waals surface area contributed by atoms with Crippen molar-refractivity contribution >= 4 is 16.7 Å². The highest BCUT2D eigenvalue weighted by Crippen LogP contribution is 2.29. The topological polar surface area (TPSA) is 25.2 Å². The molecule has 100 valence electrons. The molecule has 1 aliphatic heterocycles. The van der Waals surface area contributed by atoms with Gasteiger partial charge in [-0.15, -0.1) is 0 Å². The van der Waals surface area contributed by atoms with Crippen LogP contribution in [0.25, 0.3) is 10.9 Å². The van der Waals surface area contributed by atoms with Crippen LogP contribution in [0.2, 0.25) is 0 Å². The lowest BCUT2D eigenvalue weighted by Crippen LogP contribution is -2.20. The Hall–Kier alpha value is -1.61. The number of aromatic nitrogens is 1. The van der Waals surface area contributed by atoms with Crippen molar-refractivity contribution < 1.29 is 4.79 Å². The number of carbonyl (C=O) groups is 1.